The number of hydrogen-bond acceptors (Lipinski definition) is 5. The van der Waals surface area contributed by atoms with Crippen LogP contribution in [0.2, 0.25) is 0 Å². The minimum absolute atomic E-state index is 0.00863. The summed E-state index contributed by atoms with van der Waals surface area (Å²) in [6.45, 7) is 4.03. The molecule has 0 aromatic heterocycles. The lowest BCUT2D eigenvalue weighted by molar-refractivity contribution is -0.128. The molecule has 1 N–H and O–H groups in total. The van der Waals surface area contributed by atoms with E-state index in [1.165, 1.54) is 35.5 Å². The lowest BCUT2D eigenvalue weighted by atomic mass is 10.0. The van der Waals surface area contributed by atoms with Gasteiger partial charge in [-0.2, -0.15) is 0 Å². The minimum atomic E-state index is -3.84. The predicted octanol–water partition coefficient (Wildman–Crippen LogP) is 2.51. The second-order valence-electron chi connectivity index (χ2n) is 6.78. The number of amides is 1. The number of nitrogens with one attached hydrogen (secondary N) is 1. The molecule has 1 aliphatic heterocycles. The van der Waals surface area contributed by atoms with E-state index in [1.807, 2.05) is 18.2 Å². The second-order valence-corrected chi connectivity index (χ2v) is 8.64. The molecular weight excluding hydrogens is 392 g/mol. The van der Waals surface area contributed by atoms with Gasteiger partial charge in [-0.3, -0.25) is 9.10 Å². The molecule has 7 nitrogen and oxygen atoms in total. The van der Waals surface area contributed by atoms with Gasteiger partial charge in [0.1, 0.15) is 0 Å². The zero-order valence-electron chi connectivity index (χ0n) is 16.4. The van der Waals surface area contributed by atoms with Crippen molar-refractivity contribution in [3.05, 3.63) is 59.7 Å². The van der Waals surface area contributed by atoms with Gasteiger partial charge in [0.05, 0.1) is 16.1 Å². The van der Waals surface area contributed by atoms with Gasteiger partial charge < -0.3 is 10.1 Å². The molecular formula is C21H24N2O5S. The SMILES string of the molecule is CCNC(=O)[C@@H](C)OC(=O)c1cccc(S(=O)(=O)N2CCCc3ccccc32)c1. The fourth-order valence-corrected chi connectivity index (χ4v) is 4.85. The number of rotatable bonds is 6. The highest BCUT2D eigenvalue weighted by Gasteiger charge is 2.29. The smallest absolute Gasteiger partial charge is 0.338 e. The van der Waals surface area contributed by atoms with Crippen LogP contribution in [0.5, 0.6) is 0 Å². The second kappa shape index (κ2) is 8.65. The predicted molar refractivity (Wildman–Crippen MR) is 109 cm³/mol. The van der Waals surface area contributed by atoms with Crippen LogP contribution >= 0.6 is 0 Å². The molecule has 3 rings (SSSR count). The van der Waals surface area contributed by atoms with Crippen LogP contribution in [-0.4, -0.2) is 39.5 Å². The Kier molecular flexibility index (Phi) is 6.22. The molecule has 0 aliphatic carbocycles. The van der Waals surface area contributed by atoms with E-state index in [9.17, 15) is 18.0 Å². The summed E-state index contributed by atoms with van der Waals surface area (Å²) in [6, 6.07) is 13.1. The summed E-state index contributed by atoms with van der Waals surface area (Å²) in [6.07, 6.45) is 0.575. The van der Waals surface area contributed by atoms with E-state index in [4.69, 9.17) is 4.74 Å². The normalized spacial score (nSPS) is 14.6. The number of fused-ring (bicyclic) bond motifs is 1. The van der Waals surface area contributed by atoms with E-state index >= 15 is 0 Å². The van der Waals surface area contributed by atoms with Crippen LogP contribution in [0.4, 0.5) is 5.69 Å². The van der Waals surface area contributed by atoms with Gasteiger partial charge in [-0.05, 0) is 56.5 Å². The minimum Gasteiger partial charge on any atom is -0.449 e. The van der Waals surface area contributed by atoms with Crippen molar-refractivity contribution in [2.75, 3.05) is 17.4 Å². The molecule has 154 valence electrons. The van der Waals surface area contributed by atoms with Crippen molar-refractivity contribution in [3.63, 3.8) is 0 Å². The summed E-state index contributed by atoms with van der Waals surface area (Å²) in [5.74, 6) is -1.16. The van der Waals surface area contributed by atoms with E-state index < -0.39 is 28.0 Å². The van der Waals surface area contributed by atoms with E-state index in [0.29, 0.717) is 18.8 Å². The summed E-state index contributed by atoms with van der Waals surface area (Å²) in [7, 11) is -3.84. The van der Waals surface area contributed by atoms with Crippen molar-refractivity contribution in [2.24, 2.45) is 0 Å². The van der Waals surface area contributed by atoms with Crippen LogP contribution in [0.1, 0.15) is 36.2 Å². The van der Waals surface area contributed by atoms with Crippen LogP contribution in [0.15, 0.2) is 53.4 Å². The number of sulfonamides is 1. The molecule has 1 amide bonds. The maximum absolute atomic E-state index is 13.3. The van der Waals surface area contributed by atoms with Crippen LogP contribution in [0, 0.1) is 0 Å². The Morgan fingerprint density at radius 3 is 2.69 bits per heavy atom. The summed E-state index contributed by atoms with van der Waals surface area (Å²) in [5, 5.41) is 2.57. The molecule has 29 heavy (non-hydrogen) atoms. The molecule has 0 radical (unpaired) electrons. The molecule has 2 aromatic rings. The average molecular weight is 416 g/mol. The number of nitrogens with zero attached hydrogens (tertiary/aromatic N) is 1. The van der Waals surface area contributed by atoms with Crippen LogP contribution < -0.4 is 9.62 Å². The molecule has 2 aromatic carbocycles. The summed E-state index contributed by atoms with van der Waals surface area (Å²) >= 11 is 0. The van der Waals surface area contributed by atoms with Crippen molar-refractivity contribution in [1.82, 2.24) is 5.32 Å². The zero-order chi connectivity index (χ0) is 21.0. The fraction of sp³-hybridized carbons (Fsp3) is 0.333. The first-order valence-corrected chi connectivity index (χ1v) is 11.0. The molecule has 0 saturated heterocycles. The van der Waals surface area contributed by atoms with Crippen molar-refractivity contribution in [1.29, 1.82) is 0 Å². The number of esters is 1. The van der Waals surface area contributed by atoms with Gasteiger partial charge in [0.25, 0.3) is 15.9 Å². The number of likely N-dealkylation sites (N-methyl/N-ethyl adjacent to an activating group) is 1. The van der Waals surface area contributed by atoms with Crippen molar-refractivity contribution < 1.29 is 22.7 Å². The number of ether oxygens (including phenoxy) is 1. The van der Waals surface area contributed by atoms with E-state index in [-0.39, 0.29) is 10.5 Å². The third kappa shape index (κ3) is 4.42. The number of carbonyl (C=O) groups excluding carboxylic acids is 2. The van der Waals surface area contributed by atoms with E-state index in [1.54, 1.807) is 13.0 Å². The molecule has 1 aliphatic rings. The van der Waals surface area contributed by atoms with Gasteiger partial charge in [0.2, 0.25) is 0 Å². The first-order valence-electron chi connectivity index (χ1n) is 9.54. The number of anilines is 1. The highest BCUT2D eigenvalue weighted by Crippen LogP contribution is 2.32. The maximum Gasteiger partial charge on any atom is 0.338 e. The summed E-state index contributed by atoms with van der Waals surface area (Å²) in [5.41, 5.74) is 1.72. The third-order valence-corrected chi connectivity index (χ3v) is 6.54. The van der Waals surface area contributed by atoms with Gasteiger partial charge in [-0.15, -0.1) is 0 Å². The molecule has 1 heterocycles. The number of benzene rings is 2. The first-order chi connectivity index (χ1) is 13.8. The van der Waals surface area contributed by atoms with Crippen molar-refractivity contribution >= 4 is 27.6 Å². The average Bonchev–Trinajstić information content (AvgIpc) is 2.73. The molecule has 0 fully saturated rings. The Bertz CT molecular complexity index is 1020. The van der Waals surface area contributed by atoms with Crippen LogP contribution in [0.3, 0.4) is 0 Å². The molecule has 1 atom stereocenters. The fourth-order valence-electron chi connectivity index (χ4n) is 3.26. The molecule has 0 unspecified atom stereocenters. The largest absolute Gasteiger partial charge is 0.449 e. The van der Waals surface area contributed by atoms with Crippen molar-refractivity contribution in [3.8, 4) is 0 Å². The number of para-hydroxylation sites is 1. The van der Waals surface area contributed by atoms with E-state index in [0.717, 1.165) is 18.4 Å². The van der Waals surface area contributed by atoms with Crippen molar-refractivity contribution in [2.45, 2.75) is 37.7 Å². The van der Waals surface area contributed by atoms with Gasteiger partial charge in [0, 0.05) is 13.1 Å². The third-order valence-electron chi connectivity index (χ3n) is 4.73. The van der Waals surface area contributed by atoms with E-state index in [2.05, 4.69) is 5.32 Å². The number of carbonyl (C=O) groups is 2. The highest BCUT2D eigenvalue weighted by molar-refractivity contribution is 7.92. The number of aryl methyl sites for hydroxylation is 1. The topological polar surface area (TPSA) is 92.8 Å². The van der Waals surface area contributed by atoms with Crippen LogP contribution in [0.25, 0.3) is 0 Å². The Labute approximate surface area is 170 Å². The molecule has 0 saturated carbocycles. The summed E-state index contributed by atoms with van der Waals surface area (Å²) < 4.78 is 33.0. The Hall–Kier alpha value is -2.87. The zero-order valence-corrected chi connectivity index (χ0v) is 17.2. The monoisotopic (exact) mass is 416 g/mol. The Morgan fingerprint density at radius 1 is 1.17 bits per heavy atom. The Morgan fingerprint density at radius 2 is 1.93 bits per heavy atom. The standard InChI is InChI=1S/C21H24N2O5S/c1-3-22-20(24)15(2)28-21(25)17-9-6-11-18(14-17)29(26,27)23-13-7-10-16-8-4-5-12-19(16)23/h4-6,8-9,11-12,14-15H,3,7,10,13H2,1-2H3,(H,22,24)/t15-/m1/s1. The number of hydrogen-bond donors (Lipinski definition) is 1. The molecule has 8 heteroatoms. The van der Waals surface area contributed by atoms with Gasteiger partial charge in [-0.25, -0.2) is 13.2 Å². The molecule has 0 bridgehead atoms. The lowest BCUT2D eigenvalue weighted by Gasteiger charge is -2.30. The highest BCUT2D eigenvalue weighted by atomic mass is 32.2. The lowest BCUT2D eigenvalue weighted by Crippen LogP contribution is -2.36. The van der Waals surface area contributed by atoms with Crippen LogP contribution in [-0.2, 0) is 26.0 Å². The summed E-state index contributed by atoms with van der Waals surface area (Å²) in [4.78, 5) is 24.2. The molecule has 0 spiro atoms. The quantitative estimate of drug-likeness (QED) is 0.731. The van der Waals surface area contributed by atoms with Gasteiger partial charge >= 0.3 is 5.97 Å². The Balaban J connectivity index is 1.86. The first kappa shape index (κ1) is 20.9. The van der Waals surface area contributed by atoms with Gasteiger partial charge in [-0.1, -0.05) is 24.3 Å². The maximum atomic E-state index is 13.3. The van der Waals surface area contributed by atoms with Gasteiger partial charge in [0.15, 0.2) is 6.10 Å².